The topological polar surface area (TPSA) is 88.8 Å². The molecule has 0 radical (unpaired) electrons. The Morgan fingerprint density at radius 3 is 2.37 bits per heavy atom. The number of aryl methyl sites for hydroxylation is 2. The van der Waals surface area contributed by atoms with Crippen molar-refractivity contribution < 1.29 is 31.9 Å². The number of hydrogen-bond acceptors (Lipinski definition) is 5. The highest BCUT2D eigenvalue weighted by molar-refractivity contribution is 6.03. The minimum absolute atomic E-state index is 0.0748. The van der Waals surface area contributed by atoms with Crippen LogP contribution in [0.5, 0.6) is 5.75 Å². The van der Waals surface area contributed by atoms with Crippen molar-refractivity contribution in [2.45, 2.75) is 77.9 Å². The first kappa shape index (κ1) is 26.6. The lowest BCUT2D eigenvalue weighted by Gasteiger charge is -2.19. The Bertz CT molecular complexity index is 1140. The molecule has 1 aromatic carbocycles. The van der Waals surface area contributed by atoms with Crippen molar-refractivity contribution in [3.8, 4) is 5.75 Å². The molecule has 1 aliphatic rings. The third-order valence-electron chi connectivity index (χ3n) is 5.98. The SMILES string of the molecule is CCCc1cc2c(C(F)(F)F)cc(=O)oc2c(CCC)c1OCCCCCN1C(=O)NC(C)C1=O. The quantitative estimate of drug-likeness (QED) is 0.262. The van der Waals surface area contributed by atoms with E-state index in [1.807, 2.05) is 13.8 Å². The number of carbonyl (C=O) groups is 2. The number of fused-ring (bicyclic) bond motifs is 1. The van der Waals surface area contributed by atoms with Gasteiger partial charge in [0.15, 0.2) is 0 Å². The first-order valence-corrected chi connectivity index (χ1v) is 12.0. The molecule has 7 nitrogen and oxygen atoms in total. The molecule has 0 aliphatic carbocycles. The van der Waals surface area contributed by atoms with E-state index in [4.69, 9.17) is 9.15 Å². The molecule has 192 valence electrons. The summed E-state index contributed by atoms with van der Waals surface area (Å²) in [6, 6.07) is 1.03. The van der Waals surface area contributed by atoms with Crippen LogP contribution in [0.3, 0.4) is 0 Å². The summed E-state index contributed by atoms with van der Waals surface area (Å²) in [5, 5.41) is 2.44. The van der Waals surface area contributed by atoms with Crippen molar-refractivity contribution in [1.82, 2.24) is 10.2 Å². The van der Waals surface area contributed by atoms with Crippen molar-refractivity contribution in [3.05, 3.63) is 39.2 Å². The Balaban J connectivity index is 1.79. The smallest absolute Gasteiger partial charge is 0.417 e. The zero-order valence-corrected chi connectivity index (χ0v) is 20.2. The van der Waals surface area contributed by atoms with Crippen LogP contribution in [0.25, 0.3) is 11.0 Å². The minimum atomic E-state index is -4.69. The average molecular weight is 497 g/mol. The van der Waals surface area contributed by atoms with E-state index < -0.39 is 23.4 Å². The third-order valence-corrected chi connectivity index (χ3v) is 5.98. The molecule has 3 rings (SSSR count). The molecule has 2 aromatic rings. The predicted octanol–water partition coefficient (Wildman–Crippen LogP) is 5.21. The van der Waals surface area contributed by atoms with Crippen molar-refractivity contribution in [2.24, 2.45) is 0 Å². The normalized spacial score (nSPS) is 16.3. The molecule has 1 fully saturated rings. The molecule has 1 saturated heterocycles. The molecular formula is C25H31F3N2O5. The Morgan fingerprint density at radius 2 is 1.77 bits per heavy atom. The van der Waals surface area contributed by atoms with Gasteiger partial charge in [-0.3, -0.25) is 9.69 Å². The number of nitrogens with zero attached hydrogens (tertiary/aromatic N) is 1. The highest BCUT2D eigenvalue weighted by atomic mass is 19.4. The number of imide groups is 1. The second-order valence-corrected chi connectivity index (χ2v) is 8.77. The number of alkyl halides is 3. The number of ether oxygens (including phenoxy) is 1. The Kier molecular flexibility index (Phi) is 8.45. The minimum Gasteiger partial charge on any atom is -0.493 e. The molecule has 3 amide bonds. The van der Waals surface area contributed by atoms with Crippen molar-refractivity contribution in [2.75, 3.05) is 13.2 Å². The summed E-state index contributed by atoms with van der Waals surface area (Å²) in [7, 11) is 0. The van der Waals surface area contributed by atoms with Crippen LogP contribution in [-0.4, -0.2) is 36.0 Å². The van der Waals surface area contributed by atoms with E-state index in [0.717, 1.165) is 0 Å². The fourth-order valence-electron chi connectivity index (χ4n) is 4.35. The lowest BCUT2D eigenvalue weighted by molar-refractivity contribution is -0.136. The number of amides is 3. The maximum absolute atomic E-state index is 13.7. The summed E-state index contributed by atoms with van der Waals surface area (Å²) in [4.78, 5) is 36.9. The molecule has 1 unspecified atom stereocenters. The molecule has 10 heteroatoms. The van der Waals surface area contributed by atoms with Gasteiger partial charge in [-0.15, -0.1) is 0 Å². The average Bonchev–Trinajstić information content (AvgIpc) is 3.02. The molecule has 0 bridgehead atoms. The number of carbonyl (C=O) groups excluding carboxylic acids is 2. The summed E-state index contributed by atoms with van der Waals surface area (Å²) in [5.74, 6) is 0.238. The number of rotatable bonds is 11. The zero-order chi connectivity index (χ0) is 25.8. The van der Waals surface area contributed by atoms with Crippen LogP contribution in [-0.2, 0) is 23.8 Å². The summed E-state index contributed by atoms with van der Waals surface area (Å²) >= 11 is 0. The maximum Gasteiger partial charge on any atom is 0.417 e. The monoisotopic (exact) mass is 496 g/mol. The molecule has 2 heterocycles. The highest BCUT2D eigenvalue weighted by Crippen LogP contribution is 2.40. The van der Waals surface area contributed by atoms with Crippen LogP contribution in [0.15, 0.2) is 21.3 Å². The van der Waals surface area contributed by atoms with Crippen LogP contribution < -0.4 is 15.7 Å². The Hall–Kier alpha value is -3.04. The van der Waals surface area contributed by atoms with Gasteiger partial charge in [-0.05, 0) is 50.7 Å². The summed E-state index contributed by atoms with van der Waals surface area (Å²) in [5.41, 5.74) is -0.999. The van der Waals surface area contributed by atoms with Crippen molar-refractivity contribution >= 4 is 22.9 Å². The van der Waals surface area contributed by atoms with E-state index in [1.54, 1.807) is 6.92 Å². The second-order valence-electron chi connectivity index (χ2n) is 8.77. The fraction of sp³-hybridized carbons (Fsp3) is 0.560. The molecule has 35 heavy (non-hydrogen) atoms. The number of benzene rings is 1. The van der Waals surface area contributed by atoms with E-state index in [0.29, 0.717) is 81.0 Å². The third kappa shape index (κ3) is 5.97. The second kappa shape index (κ2) is 11.1. The maximum atomic E-state index is 13.7. The van der Waals surface area contributed by atoms with Gasteiger partial charge in [0.2, 0.25) is 0 Å². The largest absolute Gasteiger partial charge is 0.493 e. The van der Waals surface area contributed by atoms with Gasteiger partial charge in [-0.25, -0.2) is 9.59 Å². The van der Waals surface area contributed by atoms with Gasteiger partial charge in [0.1, 0.15) is 17.4 Å². The Labute approximate surface area is 201 Å². The molecular weight excluding hydrogens is 465 g/mol. The van der Waals surface area contributed by atoms with E-state index in [-0.39, 0.29) is 22.9 Å². The fourth-order valence-corrected chi connectivity index (χ4v) is 4.35. The lowest BCUT2D eigenvalue weighted by Crippen LogP contribution is -2.32. The molecule has 1 N–H and O–H groups in total. The first-order valence-electron chi connectivity index (χ1n) is 12.0. The number of nitrogens with one attached hydrogen (secondary N) is 1. The van der Waals surface area contributed by atoms with Crippen LogP contribution in [0.1, 0.15) is 69.6 Å². The lowest BCUT2D eigenvalue weighted by atomic mass is 9.96. The highest BCUT2D eigenvalue weighted by Gasteiger charge is 2.35. The zero-order valence-electron chi connectivity index (χ0n) is 20.2. The molecule has 1 aromatic heterocycles. The van der Waals surface area contributed by atoms with Gasteiger partial charge in [0.25, 0.3) is 5.91 Å². The molecule has 0 spiro atoms. The van der Waals surface area contributed by atoms with E-state index in [1.165, 1.54) is 11.0 Å². The van der Waals surface area contributed by atoms with Gasteiger partial charge < -0.3 is 14.5 Å². The number of halogens is 3. The summed E-state index contributed by atoms with van der Waals surface area (Å²) in [6.07, 6.45) is -0.503. The van der Waals surface area contributed by atoms with E-state index in [9.17, 15) is 27.6 Å². The molecule has 0 saturated carbocycles. The van der Waals surface area contributed by atoms with Gasteiger partial charge in [-0.1, -0.05) is 26.7 Å². The van der Waals surface area contributed by atoms with Gasteiger partial charge >= 0.3 is 17.8 Å². The van der Waals surface area contributed by atoms with Crippen LogP contribution in [0, 0.1) is 0 Å². The van der Waals surface area contributed by atoms with E-state index >= 15 is 0 Å². The van der Waals surface area contributed by atoms with Crippen LogP contribution in [0.2, 0.25) is 0 Å². The predicted molar refractivity (Wildman–Crippen MR) is 125 cm³/mol. The molecule has 1 aliphatic heterocycles. The first-order chi connectivity index (χ1) is 16.6. The van der Waals surface area contributed by atoms with Crippen molar-refractivity contribution in [1.29, 1.82) is 0 Å². The number of unbranched alkanes of at least 4 members (excludes halogenated alkanes) is 2. The van der Waals surface area contributed by atoms with E-state index in [2.05, 4.69) is 5.32 Å². The summed E-state index contributed by atoms with van der Waals surface area (Å²) < 4.78 is 52.4. The summed E-state index contributed by atoms with van der Waals surface area (Å²) in [6.45, 7) is 6.08. The van der Waals surface area contributed by atoms with Gasteiger partial charge in [0.05, 0.1) is 12.2 Å². The van der Waals surface area contributed by atoms with Gasteiger partial charge in [0, 0.05) is 23.6 Å². The van der Waals surface area contributed by atoms with Crippen molar-refractivity contribution in [3.63, 3.8) is 0 Å². The Morgan fingerprint density at radius 1 is 1.06 bits per heavy atom. The number of urea groups is 1. The number of hydrogen-bond donors (Lipinski definition) is 1. The van der Waals surface area contributed by atoms with Crippen LogP contribution in [0.4, 0.5) is 18.0 Å². The molecule has 1 atom stereocenters. The van der Waals surface area contributed by atoms with Gasteiger partial charge in [-0.2, -0.15) is 13.2 Å². The standard InChI is InChI=1S/C25H31F3N2O5/c1-4-9-16-13-18-19(25(26,27)28)14-20(31)35-22(18)17(10-5-2)21(16)34-12-8-6-7-11-30-23(32)15(3)29-24(30)33/h13-15H,4-12H2,1-3H3,(H,29,33). The van der Waals surface area contributed by atoms with Crippen LogP contribution >= 0.6 is 0 Å².